The number of rotatable bonds is 7. The van der Waals surface area contributed by atoms with Crippen LogP contribution in [-0.2, 0) is 42.7 Å². The van der Waals surface area contributed by atoms with Crippen LogP contribution in [0.3, 0.4) is 0 Å². The molecule has 0 amide bonds. The maximum atomic E-state index is 13.0. The van der Waals surface area contributed by atoms with Gasteiger partial charge in [-0.3, -0.25) is 4.18 Å². The molecule has 1 aromatic rings. The molecular weight excluding hydrogens is 543 g/mol. The van der Waals surface area contributed by atoms with Crippen molar-refractivity contribution >= 4 is 32.7 Å². The highest BCUT2D eigenvalue weighted by molar-refractivity contribution is 14.1. The summed E-state index contributed by atoms with van der Waals surface area (Å²) in [4.78, 5) is 0.0217. The molecule has 2 heterocycles. The number of ether oxygens (including phenoxy) is 6. The summed E-state index contributed by atoms with van der Waals surface area (Å²) in [6, 6.07) is 6.37. The Labute approximate surface area is 196 Å². The van der Waals surface area contributed by atoms with Gasteiger partial charge < -0.3 is 28.4 Å². The maximum absolute atomic E-state index is 13.0. The van der Waals surface area contributed by atoms with Crippen LogP contribution in [0.25, 0.3) is 0 Å². The first kappa shape index (κ1) is 25.2. The van der Waals surface area contributed by atoms with E-state index < -0.39 is 52.4 Å². The van der Waals surface area contributed by atoms with Crippen LogP contribution in [0.4, 0.5) is 0 Å². The summed E-state index contributed by atoms with van der Waals surface area (Å²) in [5.41, 5.74) is 0.929. The summed E-state index contributed by atoms with van der Waals surface area (Å²) >= 11 is 2.16. The standard InChI is InChI=1S/C20H29IO9S/c1-12-7-9-13(10-8-12)31(22,23)30-17-16-15(14(11-21)27-18(17)24-4)28-19(2,25-5)20(3,26-6)29-16/h7-10,14-18H,11H2,1-6H3/t14-,15-,16+,17+,18+,19+,20+/m1/s1. The average molecular weight is 572 g/mol. The van der Waals surface area contributed by atoms with E-state index in [2.05, 4.69) is 22.6 Å². The minimum Gasteiger partial charge on any atom is -0.353 e. The fraction of sp³-hybridized carbons (Fsp3) is 0.700. The Morgan fingerprint density at radius 1 is 1.00 bits per heavy atom. The Morgan fingerprint density at radius 2 is 1.55 bits per heavy atom. The molecule has 0 aliphatic carbocycles. The molecule has 176 valence electrons. The van der Waals surface area contributed by atoms with Crippen LogP contribution < -0.4 is 0 Å². The monoisotopic (exact) mass is 572 g/mol. The maximum Gasteiger partial charge on any atom is 0.297 e. The van der Waals surface area contributed by atoms with E-state index in [-0.39, 0.29) is 4.90 Å². The predicted octanol–water partition coefficient (Wildman–Crippen LogP) is 2.38. The van der Waals surface area contributed by atoms with Crippen molar-refractivity contribution in [2.45, 2.75) is 67.9 Å². The first-order chi connectivity index (χ1) is 14.5. The van der Waals surface area contributed by atoms with Crippen molar-refractivity contribution in [1.29, 1.82) is 0 Å². The second-order valence-electron chi connectivity index (χ2n) is 7.73. The van der Waals surface area contributed by atoms with Crippen molar-refractivity contribution in [2.24, 2.45) is 0 Å². The third-order valence-electron chi connectivity index (χ3n) is 5.85. The minimum atomic E-state index is -4.14. The quantitative estimate of drug-likeness (QED) is 0.277. The molecule has 3 rings (SSSR count). The third kappa shape index (κ3) is 4.66. The molecule has 7 atom stereocenters. The van der Waals surface area contributed by atoms with Gasteiger partial charge in [-0.25, -0.2) is 0 Å². The summed E-state index contributed by atoms with van der Waals surface area (Å²) in [5, 5.41) is 0. The van der Waals surface area contributed by atoms with Crippen LogP contribution in [0.2, 0.25) is 0 Å². The molecule has 0 radical (unpaired) electrons. The molecule has 9 nitrogen and oxygen atoms in total. The zero-order valence-electron chi connectivity index (χ0n) is 18.4. The molecule has 11 heteroatoms. The van der Waals surface area contributed by atoms with Crippen LogP contribution in [0.5, 0.6) is 0 Å². The van der Waals surface area contributed by atoms with Crippen molar-refractivity contribution in [3.8, 4) is 0 Å². The molecule has 2 saturated heterocycles. The largest absolute Gasteiger partial charge is 0.353 e. The van der Waals surface area contributed by atoms with E-state index in [0.29, 0.717) is 4.43 Å². The molecule has 0 saturated carbocycles. The van der Waals surface area contributed by atoms with Gasteiger partial charge in [0.25, 0.3) is 10.1 Å². The van der Waals surface area contributed by atoms with Gasteiger partial charge in [0.15, 0.2) is 12.4 Å². The fourth-order valence-electron chi connectivity index (χ4n) is 3.68. The number of aryl methyl sites for hydroxylation is 1. The second-order valence-corrected chi connectivity index (χ2v) is 10.2. The first-order valence-electron chi connectivity index (χ1n) is 9.74. The number of methoxy groups -OCH3 is 3. The molecule has 2 aliphatic heterocycles. The smallest absolute Gasteiger partial charge is 0.297 e. The zero-order chi connectivity index (χ0) is 23.0. The number of benzene rings is 1. The highest BCUT2D eigenvalue weighted by Gasteiger charge is 2.63. The Morgan fingerprint density at radius 3 is 2.03 bits per heavy atom. The first-order valence-corrected chi connectivity index (χ1v) is 12.7. The van der Waals surface area contributed by atoms with Gasteiger partial charge in [-0.15, -0.1) is 0 Å². The number of fused-ring (bicyclic) bond motifs is 1. The summed E-state index contributed by atoms with van der Waals surface area (Å²) in [5.74, 6) is -2.61. The van der Waals surface area contributed by atoms with Crippen molar-refractivity contribution in [3.05, 3.63) is 29.8 Å². The van der Waals surface area contributed by atoms with Gasteiger partial charge >= 0.3 is 0 Å². The van der Waals surface area contributed by atoms with E-state index >= 15 is 0 Å². The lowest BCUT2D eigenvalue weighted by molar-refractivity contribution is -0.475. The Hall–Kier alpha value is -0.380. The van der Waals surface area contributed by atoms with E-state index in [1.165, 1.54) is 33.5 Å². The Bertz CT molecular complexity index is 864. The summed E-state index contributed by atoms with van der Waals surface area (Å²) in [6.45, 7) is 5.22. The van der Waals surface area contributed by atoms with Crippen LogP contribution in [-0.4, -0.2) is 76.5 Å². The van der Waals surface area contributed by atoms with E-state index in [0.717, 1.165) is 5.56 Å². The van der Waals surface area contributed by atoms with Crippen LogP contribution in [0.15, 0.2) is 29.2 Å². The molecule has 2 fully saturated rings. The van der Waals surface area contributed by atoms with E-state index in [4.69, 9.17) is 32.6 Å². The van der Waals surface area contributed by atoms with E-state index in [1.807, 2.05) is 6.92 Å². The normalized spacial score (nSPS) is 38.6. The number of halogens is 1. The van der Waals surface area contributed by atoms with Crippen LogP contribution >= 0.6 is 22.6 Å². The van der Waals surface area contributed by atoms with Gasteiger partial charge in [0.1, 0.15) is 12.2 Å². The van der Waals surface area contributed by atoms with Gasteiger partial charge in [-0.1, -0.05) is 40.3 Å². The summed E-state index contributed by atoms with van der Waals surface area (Å²) < 4.78 is 67.4. The number of alkyl halides is 1. The van der Waals surface area contributed by atoms with Crippen molar-refractivity contribution in [1.82, 2.24) is 0 Å². The van der Waals surface area contributed by atoms with Gasteiger partial charge in [-0.2, -0.15) is 8.42 Å². The molecule has 0 unspecified atom stereocenters. The molecule has 31 heavy (non-hydrogen) atoms. The third-order valence-corrected chi connectivity index (χ3v) is 8.04. The summed E-state index contributed by atoms with van der Waals surface area (Å²) in [6.07, 6.45) is -4.15. The van der Waals surface area contributed by atoms with Crippen molar-refractivity contribution in [3.63, 3.8) is 0 Å². The number of hydrogen-bond donors (Lipinski definition) is 0. The number of hydrogen-bond acceptors (Lipinski definition) is 9. The lowest BCUT2D eigenvalue weighted by atomic mass is 9.94. The Kier molecular flexibility index (Phi) is 7.71. The minimum absolute atomic E-state index is 0.0217. The van der Waals surface area contributed by atoms with Gasteiger partial charge in [-0.05, 0) is 32.9 Å². The van der Waals surface area contributed by atoms with E-state index in [9.17, 15) is 8.42 Å². The Balaban J connectivity index is 1.99. The van der Waals surface area contributed by atoms with Gasteiger partial charge in [0.2, 0.25) is 11.6 Å². The summed E-state index contributed by atoms with van der Waals surface area (Å²) in [7, 11) is 0.222. The lowest BCUT2D eigenvalue weighted by Gasteiger charge is -2.56. The van der Waals surface area contributed by atoms with Crippen molar-refractivity contribution < 1.29 is 41.0 Å². The van der Waals surface area contributed by atoms with Crippen LogP contribution in [0.1, 0.15) is 19.4 Å². The SMILES string of the molecule is CO[C@H]1O[C@H](CI)[C@H]2O[C@](C)(OC)[C@@](C)(OC)O[C@@H]2[C@@H]1OS(=O)(=O)c1ccc(C)cc1. The lowest BCUT2D eigenvalue weighted by Crippen LogP contribution is -2.73. The highest BCUT2D eigenvalue weighted by Crippen LogP contribution is 2.45. The molecule has 0 N–H and O–H groups in total. The average Bonchev–Trinajstić information content (AvgIpc) is 2.75. The van der Waals surface area contributed by atoms with Crippen LogP contribution in [0, 0.1) is 6.92 Å². The predicted molar refractivity (Wildman–Crippen MR) is 118 cm³/mol. The zero-order valence-corrected chi connectivity index (χ0v) is 21.3. The molecule has 0 spiro atoms. The molecule has 0 aromatic heterocycles. The van der Waals surface area contributed by atoms with Gasteiger partial charge in [0, 0.05) is 25.8 Å². The molecule has 1 aromatic carbocycles. The highest BCUT2D eigenvalue weighted by atomic mass is 127. The molecule has 2 aliphatic rings. The topological polar surface area (TPSA) is 98.8 Å². The molecule has 0 bridgehead atoms. The van der Waals surface area contributed by atoms with Gasteiger partial charge in [0.05, 0.1) is 11.0 Å². The van der Waals surface area contributed by atoms with E-state index in [1.54, 1.807) is 26.0 Å². The van der Waals surface area contributed by atoms with Crippen molar-refractivity contribution in [2.75, 3.05) is 25.8 Å². The fourth-order valence-corrected chi connectivity index (χ4v) is 5.46. The second kappa shape index (κ2) is 9.47. The molecular formula is C20H29IO9S.